The average molecular weight is 296 g/mol. The lowest BCUT2D eigenvalue weighted by atomic mass is 10.2. The molecule has 1 aliphatic rings. The summed E-state index contributed by atoms with van der Waals surface area (Å²) in [5.74, 6) is -0.445. The van der Waals surface area contributed by atoms with Gasteiger partial charge in [-0.25, -0.2) is 9.18 Å². The van der Waals surface area contributed by atoms with E-state index in [2.05, 4.69) is 0 Å². The van der Waals surface area contributed by atoms with Crippen LogP contribution in [0.2, 0.25) is 0 Å². The minimum Gasteiger partial charge on any atom is -0.483 e. The van der Waals surface area contributed by atoms with Crippen molar-refractivity contribution in [1.82, 2.24) is 4.90 Å². The van der Waals surface area contributed by atoms with Gasteiger partial charge in [-0.1, -0.05) is 6.07 Å². The molecule has 1 saturated heterocycles. The highest BCUT2D eigenvalue weighted by molar-refractivity contribution is 5.68. The maximum atomic E-state index is 13.7. The maximum Gasteiger partial charge on any atom is 0.410 e. The number of nitrogens with two attached hydrogens (primary N) is 1. The Labute approximate surface area is 123 Å². The zero-order valence-corrected chi connectivity index (χ0v) is 12.6. The van der Waals surface area contributed by atoms with Crippen molar-refractivity contribution in [2.75, 3.05) is 18.8 Å². The molecule has 116 valence electrons. The predicted octanol–water partition coefficient (Wildman–Crippen LogP) is 2.80. The molecule has 5 nitrogen and oxygen atoms in total. The molecular formula is C15H21FN2O3. The molecule has 1 aliphatic heterocycles. The first-order valence-electron chi connectivity index (χ1n) is 6.95. The second-order valence-electron chi connectivity index (χ2n) is 6.11. The van der Waals surface area contributed by atoms with Gasteiger partial charge in [0.05, 0.1) is 12.2 Å². The summed E-state index contributed by atoms with van der Waals surface area (Å²) >= 11 is 0. The van der Waals surface area contributed by atoms with Gasteiger partial charge in [0.1, 0.15) is 11.7 Å². The molecule has 0 aromatic heterocycles. The normalized spacial score (nSPS) is 18.7. The largest absolute Gasteiger partial charge is 0.483 e. The summed E-state index contributed by atoms with van der Waals surface area (Å²) < 4.78 is 24.6. The van der Waals surface area contributed by atoms with E-state index >= 15 is 0 Å². The van der Waals surface area contributed by atoms with Crippen LogP contribution < -0.4 is 10.5 Å². The molecule has 6 heteroatoms. The van der Waals surface area contributed by atoms with E-state index in [1.165, 1.54) is 12.1 Å². The summed E-state index contributed by atoms with van der Waals surface area (Å²) in [4.78, 5) is 13.5. The van der Waals surface area contributed by atoms with E-state index in [0.29, 0.717) is 19.5 Å². The van der Waals surface area contributed by atoms with Crippen molar-refractivity contribution in [3.8, 4) is 5.75 Å². The topological polar surface area (TPSA) is 64.8 Å². The molecule has 1 heterocycles. The highest BCUT2D eigenvalue weighted by atomic mass is 19.1. The number of hydrogen-bond donors (Lipinski definition) is 1. The smallest absolute Gasteiger partial charge is 0.410 e. The molecule has 1 fully saturated rings. The van der Waals surface area contributed by atoms with Crippen LogP contribution in [0.4, 0.5) is 14.9 Å². The number of halogens is 1. The minimum atomic E-state index is -0.536. The van der Waals surface area contributed by atoms with Crippen molar-refractivity contribution < 1.29 is 18.7 Å². The van der Waals surface area contributed by atoms with Gasteiger partial charge >= 0.3 is 6.09 Å². The number of para-hydroxylation sites is 1. The fourth-order valence-electron chi connectivity index (χ4n) is 2.13. The van der Waals surface area contributed by atoms with Crippen molar-refractivity contribution >= 4 is 11.8 Å². The summed E-state index contributed by atoms with van der Waals surface area (Å²) in [5.41, 5.74) is 5.43. The van der Waals surface area contributed by atoms with Gasteiger partial charge in [-0.3, -0.25) is 0 Å². The first-order chi connectivity index (χ1) is 9.76. The second-order valence-corrected chi connectivity index (χ2v) is 6.11. The monoisotopic (exact) mass is 296 g/mol. The molecule has 0 spiro atoms. The Morgan fingerprint density at radius 2 is 2.14 bits per heavy atom. The standard InChI is InChI=1S/C15H21FN2O3/c1-15(2,3)21-14(19)18-8-7-10(9-18)20-13-11(16)5-4-6-12(13)17/h4-6,10H,7-9,17H2,1-3H3/t10-/m0/s1. The fraction of sp³-hybridized carbons (Fsp3) is 0.533. The number of anilines is 1. The number of benzene rings is 1. The molecular weight excluding hydrogens is 275 g/mol. The molecule has 0 aliphatic carbocycles. The van der Waals surface area contributed by atoms with Gasteiger partial charge in [0.2, 0.25) is 0 Å². The minimum absolute atomic E-state index is 0.0496. The molecule has 0 bridgehead atoms. The number of carbonyl (C=O) groups excluding carboxylic acids is 1. The van der Waals surface area contributed by atoms with Crippen LogP contribution in [0, 0.1) is 5.82 Å². The van der Waals surface area contributed by atoms with Crippen molar-refractivity contribution in [2.45, 2.75) is 38.9 Å². The Morgan fingerprint density at radius 1 is 1.43 bits per heavy atom. The van der Waals surface area contributed by atoms with Crippen LogP contribution in [-0.2, 0) is 4.74 Å². The predicted molar refractivity (Wildman–Crippen MR) is 77.7 cm³/mol. The van der Waals surface area contributed by atoms with Gasteiger partial charge in [0.25, 0.3) is 0 Å². The van der Waals surface area contributed by atoms with E-state index in [-0.39, 0.29) is 23.6 Å². The van der Waals surface area contributed by atoms with E-state index < -0.39 is 11.4 Å². The molecule has 1 atom stereocenters. The Balaban J connectivity index is 1.95. The third-order valence-corrected chi connectivity index (χ3v) is 3.08. The summed E-state index contributed by atoms with van der Waals surface area (Å²) in [5, 5.41) is 0. The molecule has 0 unspecified atom stereocenters. The quantitative estimate of drug-likeness (QED) is 0.852. The number of nitrogen functional groups attached to an aromatic ring is 1. The number of ether oxygens (including phenoxy) is 2. The number of nitrogens with zero attached hydrogens (tertiary/aromatic N) is 1. The van der Waals surface area contributed by atoms with Crippen LogP contribution in [0.15, 0.2) is 18.2 Å². The molecule has 1 aromatic carbocycles. The Hall–Kier alpha value is -1.98. The summed E-state index contributed by atoms with van der Waals surface area (Å²) in [6.07, 6.45) is -0.0423. The van der Waals surface area contributed by atoms with Crippen LogP contribution >= 0.6 is 0 Å². The molecule has 1 amide bonds. The SMILES string of the molecule is CC(C)(C)OC(=O)N1CC[C@H](Oc2c(N)cccc2F)C1. The Bertz CT molecular complexity index is 508. The van der Waals surface area contributed by atoms with Crippen molar-refractivity contribution in [1.29, 1.82) is 0 Å². The third kappa shape index (κ3) is 4.00. The zero-order valence-electron chi connectivity index (χ0n) is 12.6. The summed E-state index contributed by atoms with van der Waals surface area (Å²) in [7, 11) is 0. The number of likely N-dealkylation sites (tertiary alicyclic amines) is 1. The number of rotatable bonds is 2. The third-order valence-electron chi connectivity index (χ3n) is 3.08. The number of hydrogen-bond acceptors (Lipinski definition) is 4. The highest BCUT2D eigenvalue weighted by Crippen LogP contribution is 2.28. The van der Waals surface area contributed by atoms with Crippen LogP contribution in [0.25, 0.3) is 0 Å². The molecule has 0 saturated carbocycles. The average Bonchev–Trinajstić information content (AvgIpc) is 2.80. The number of carbonyl (C=O) groups is 1. The fourth-order valence-corrected chi connectivity index (χ4v) is 2.13. The highest BCUT2D eigenvalue weighted by Gasteiger charge is 2.31. The van der Waals surface area contributed by atoms with Gasteiger partial charge in [0, 0.05) is 13.0 Å². The first-order valence-corrected chi connectivity index (χ1v) is 6.95. The van der Waals surface area contributed by atoms with E-state index in [1.807, 2.05) is 20.8 Å². The molecule has 21 heavy (non-hydrogen) atoms. The van der Waals surface area contributed by atoms with E-state index in [4.69, 9.17) is 15.2 Å². The second kappa shape index (κ2) is 5.79. The molecule has 1 aromatic rings. The van der Waals surface area contributed by atoms with E-state index in [1.54, 1.807) is 11.0 Å². The van der Waals surface area contributed by atoms with Crippen LogP contribution in [0.5, 0.6) is 5.75 Å². The van der Waals surface area contributed by atoms with Crippen LogP contribution in [0.1, 0.15) is 27.2 Å². The lowest BCUT2D eigenvalue weighted by Gasteiger charge is -2.24. The molecule has 0 radical (unpaired) electrons. The van der Waals surface area contributed by atoms with Crippen molar-refractivity contribution in [2.24, 2.45) is 0 Å². The van der Waals surface area contributed by atoms with Gasteiger partial charge in [-0.05, 0) is 32.9 Å². The van der Waals surface area contributed by atoms with Gasteiger partial charge in [0.15, 0.2) is 11.6 Å². The van der Waals surface area contributed by atoms with Crippen molar-refractivity contribution in [3.63, 3.8) is 0 Å². The van der Waals surface area contributed by atoms with Crippen LogP contribution in [-0.4, -0.2) is 35.8 Å². The molecule has 2 rings (SSSR count). The first kappa shape index (κ1) is 15.4. The van der Waals surface area contributed by atoms with Gasteiger partial charge in [-0.15, -0.1) is 0 Å². The lowest BCUT2D eigenvalue weighted by molar-refractivity contribution is 0.0275. The Kier molecular flexibility index (Phi) is 4.25. The molecule has 2 N–H and O–H groups in total. The lowest BCUT2D eigenvalue weighted by Crippen LogP contribution is -2.36. The zero-order chi connectivity index (χ0) is 15.6. The van der Waals surface area contributed by atoms with Crippen molar-refractivity contribution in [3.05, 3.63) is 24.0 Å². The Morgan fingerprint density at radius 3 is 2.76 bits per heavy atom. The summed E-state index contributed by atoms with van der Waals surface area (Å²) in [6, 6.07) is 4.41. The van der Waals surface area contributed by atoms with E-state index in [9.17, 15) is 9.18 Å². The van der Waals surface area contributed by atoms with Crippen LogP contribution in [0.3, 0.4) is 0 Å². The van der Waals surface area contributed by atoms with Gasteiger partial charge in [-0.2, -0.15) is 0 Å². The number of amides is 1. The summed E-state index contributed by atoms with van der Waals surface area (Å²) in [6.45, 7) is 6.33. The van der Waals surface area contributed by atoms with E-state index in [0.717, 1.165) is 0 Å². The maximum absolute atomic E-state index is 13.7. The van der Waals surface area contributed by atoms with Gasteiger partial charge < -0.3 is 20.1 Å².